The predicted molar refractivity (Wildman–Crippen MR) is 127 cm³/mol. The number of ether oxygens (including phenoxy) is 5. The molecule has 0 aromatic heterocycles. The lowest BCUT2D eigenvalue weighted by atomic mass is 9.90. The van der Waals surface area contributed by atoms with Gasteiger partial charge < -0.3 is 28.8 Å². The van der Waals surface area contributed by atoms with E-state index in [1.54, 1.807) is 6.92 Å². The van der Waals surface area contributed by atoms with Gasteiger partial charge in [0.15, 0.2) is 34.6 Å². The van der Waals surface area contributed by atoms with Crippen LogP contribution in [0.25, 0.3) is 0 Å². The number of ketones is 2. The molecule has 0 heterocycles. The van der Waals surface area contributed by atoms with E-state index in [4.69, 9.17) is 23.7 Å². The smallest absolute Gasteiger partial charge is 0.317 e. The van der Waals surface area contributed by atoms with E-state index < -0.39 is 29.9 Å². The van der Waals surface area contributed by atoms with Gasteiger partial charge in [0.05, 0.1) is 38.6 Å². The molecule has 0 aliphatic rings. The summed E-state index contributed by atoms with van der Waals surface area (Å²) in [5, 5.41) is 10.0. The van der Waals surface area contributed by atoms with Crippen LogP contribution in [0.15, 0.2) is 24.3 Å². The van der Waals surface area contributed by atoms with Crippen molar-refractivity contribution in [3.63, 3.8) is 0 Å². The fourth-order valence-electron chi connectivity index (χ4n) is 3.14. The predicted octanol–water partition coefficient (Wildman–Crippen LogP) is 3.67. The van der Waals surface area contributed by atoms with Crippen LogP contribution in [0.5, 0.6) is 28.7 Å². The summed E-state index contributed by atoms with van der Waals surface area (Å²) >= 11 is 1.86. The number of methoxy groups -OCH3 is 4. The minimum atomic E-state index is -1.40. The van der Waals surface area contributed by atoms with E-state index >= 15 is 0 Å². The van der Waals surface area contributed by atoms with Crippen LogP contribution < -0.4 is 18.9 Å². The van der Waals surface area contributed by atoms with Gasteiger partial charge in [0, 0.05) is 17.5 Å². The number of aromatic hydroxyl groups is 1. The van der Waals surface area contributed by atoms with Crippen molar-refractivity contribution in [1.29, 1.82) is 0 Å². The fourth-order valence-corrected chi connectivity index (χ4v) is 3.75. The lowest BCUT2D eigenvalue weighted by molar-refractivity contribution is -0.146. The van der Waals surface area contributed by atoms with Crippen LogP contribution in [-0.2, 0) is 9.53 Å². The minimum absolute atomic E-state index is 0.0387. The molecule has 1 N–H and O–H groups in total. The molecule has 0 aliphatic carbocycles. The van der Waals surface area contributed by atoms with Crippen molar-refractivity contribution < 1.29 is 43.2 Å². The van der Waals surface area contributed by atoms with Gasteiger partial charge in [0.2, 0.25) is 5.75 Å². The van der Waals surface area contributed by atoms with Gasteiger partial charge in [-0.2, -0.15) is 0 Å². The summed E-state index contributed by atoms with van der Waals surface area (Å²) in [7, 11) is 5.58. The van der Waals surface area contributed by atoms with Gasteiger partial charge in [-0.05, 0) is 53.8 Å². The molecule has 33 heavy (non-hydrogen) atoms. The van der Waals surface area contributed by atoms with Gasteiger partial charge in [-0.25, -0.2) is 0 Å². The van der Waals surface area contributed by atoms with E-state index in [1.165, 1.54) is 52.7 Å². The minimum Gasteiger partial charge on any atom is -0.504 e. The number of hydrogen-bond donors (Lipinski definition) is 1. The van der Waals surface area contributed by atoms with Gasteiger partial charge in [0.1, 0.15) is 5.92 Å². The number of rotatable bonds is 11. The molecule has 1 atom stereocenters. The van der Waals surface area contributed by atoms with Crippen molar-refractivity contribution in [3.8, 4) is 28.7 Å². The van der Waals surface area contributed by atoms with Crippen LogP contribution in [0.2, 0.25) is 0 Å². The first-order valence-electron chi connectivity index (χ1n) is 9.82. The maximum atomic E-state index is 13.3. The normalized spacial score (nSPS) is 11.3. The Morgan fingerprint density at radius 1 is 0.879 bits per heavy atom. The Morgan fingerprint density at radius 2 is 1.42 bits per heavy atom. The summed E-state index contributed by atoms with van der Waals surface area (Å²) in [6, 6.07) is 5.62. The van der Waals surface area contributed by atoms with Gasteiger partial charge in [-0.1, -0.05) is 0 Å². The first-order valence-corrected chi connectivity index (χ1v) is 10.9. The van der Waals surface area contributed by atoms with Gasteiger partial charge in [-0.15, -0.1) is 0 Å². The molecular formula is C23H25IO9. The van der Waals surface area contributed by atoms with Crippen molar-refractivity contribution in [3.05, 3.63) is 39.0 Å². The molecule has 0 radical (unpaired) electrons. The van der Waals surface area contributed by atoms with Crippen molar-refractivity contribution in [2.75, 3.05) is 35.0 Å². The summed E-state index contributed by atoms with van der Waals surface area (Å²) in [4.78, 5) is 39.0. The number of carbonyl (C=O) groups excluding carboxylic acids is 3. The Kier molecular flexibility index (Phi) is 9.32. The maximum absolute atomic E-state index is 13.3. The Hall–Kier alpha value is -3.02. The van der Waals surface area contributed by atoms with Crippen LogP contribution >= 0.6 is 22.6 Å². The van der Waals surface area contributed by atoms with Crippen LogP contribution in [0.3, 0.4) is 0 Å². The maximum Gasteiger partial charge on any atom is 0.317 e. The van der Waals surface area contributed by atoms with E-state index in [0.29, 0.717) is 3.57 Å². The second-order valence-corrected chi connectivity index (χ2v) is 7.88. The molecule has 0 amide bonds. The molecular weight excluding hydrogens is 547 g/mol. The lowest BCUT2D eigenvalue weighted by Gasteiger charge is -2.17. The molecule has 0 fully saturated rings. The summed E-state index contributed by atoms with van der Waals surface area (Å²) in [5.74, 6) is -2.63. The molecule has 0 saturated heterocycles. The van der Waals surface area contributed by atoms with E-state index in [-0.39, 0.29) is 46.5 Å². The topological polar surface area (TPSA) is 118 Å². The van der Waals surface area contributed by atoms with Gasteiger partial charge in [0.25, 0.3) is 0 Å². The van der Waals surface area contributed by atoms with Crippen LogP contribution in [0.1, 0.15) is 34.1 Å². The highest BCUT2D eigenvalue weighted by atomic mass is 127. The molecule has 178 valence electrons. The zero-order valence-electron chi connectivity index (χ0n) is 18.9. The summed E-state index contributed by atoms with van der Waals surface area (Å²) in [6.45, 7) is 1.64. The number of benzene rings is 2. The standard InChI is InChI=1S/C23H25IO9/c1-6-33-23(28)14(11-16(25)12-7-15(24)21(27)17(8-12)29-2)20(26)13-9-18(30-3)22(32-5)19(10-13)31-4/h7-10,14,27H,6,11H2,1-5H3. The van der Waals surface area contributed by atoms with Crippen molar-refractivity contribution >= 4 is 40.1 Å². The highest BCUT2D eigenvalue weighted by Crippen LogP contribution is 2.39. The zero-order chi connectivity index (χ0) is 24.7. The van der Waals surface area contributed by atoms with E-state index in [2.05, 4.69) is 0 Å². The molecule has 0 bridgehead atoms. The molecule has 2 aromatic carbocycles. The van der Waals surface area contributed by atoms with Crippen LogP contribution in [0, 0.1) is 9.49 Å². The van der Waals surface area contributed by atoms with Crippen molar-refractivity contribution in [2.24, 2.45) is 5.92 Å². The van der Waals surface area contributed by atoms with Gasteiger partial charge >= 0.3 is 5.97 Å². The monoisotopic (exact) mass is 572 g/mol. The average Bonchev–Trinajstić information content (AvgIpc) is 2.82. The van der Waals surface area contributed by atoms with Crippen LogP contribution in [-0.4, -0.2) is 57.7 Å². The quantitative estimate of drug-likeness (QED) is 0.186. The van der Waals surface area contributed by atoms with Crippen molar-refractivity contribution in [2.45, 2.75) is 13.3 Å². The molecule has 0 saturated carbocycles. The number of Topliss-reactive ketones (excluding diaryl/α,β-unsaturated/α-hetero) is 2. The fraction of sp³-hybridized carbons (Fsp3) is 0.348. The number of hydrogen-bond acceptors (Lipinski definition) is 9. The number of phenolic OH excluding ortho intramolecular Hbond substituents is 1. The van der Waals surface area contributed by atoms with Crippen LogP contribution in [0.4, 0.5) is 0 Å². The summed E-state index contributed by atoms with van der Waals surface area (Å²) in [5.41, 5.74) is 0.272. The van der Waals surface area contributed by atoms with Crippen molar-refractivity contribution in [1.82, 2.24) is 0 Å². The van der Waals surface area contributed by atoms with Gasteiger partial charge in [-0.3, -0.25) is 14.4 Å². The molecule has 0 spiro atoms. The van der Waals surface area contributed by atoms with E-state index in [9.17, 15) is 19.5 Å². The first-order chi connectivity index (χ1) is 15.7. The molecule has 2 aromatic rings. The lowest BCUT2D eigenvalue weighted by Crippen LogP contribution is -2.29. The third-order valence-electron chi connectivity index (χ3n) is 4.80. The second kappa shape index (κ2) is 11.7. The molecule has 9 nitrogen and oxygen atoms in total. The van der Waals surface area contributed by atoms with E-state index in [1.807, 2.05) is 22.6 Å². The molecule has 2 rings (SSSR count). The highest BCUT2D eigenvalue weighted by molar-refractivity contribution is 14.1. The number of halogens is 1. The summed E-state index contributed by atoms with van der Waals surface area (Å²) < 4.78 is 26.4. The third-order valence-corrected chi connectivity index (χ3v) is 5.62. The Labute approximate surface area is 205 Å². The Bertz CT molecular complexity index is 1020. The largest absolute Gasteiger partial charge is 0.504 e. The number of carbonyl (C=O) groups is 3. The molecule has 10 heteroatoms. The average molecular weight is 572 g/mol. The molecule has 1 unspecified atom stereocenters. The zero-order valence-corrected chi connectivity index (χ0v) is 21.0. The van der Waals surface area contributed by atoms with E-state index in [0.717, 1.165) is 0 Å². The first kappa shape index (κ1) is 26.2. The number of phenols is 1. The summed E-state index contributed by atoms with van der Waals surface area (Å²) in [6.07, 6.45) is -0.446. The Balaban J connectivity index is 2.47. The molecule has 0 aliphatic heterocycles. The SMILES string of the molecule is CCOC(=O)C(CC(=O)c1cc(I)c(O)c(OC)c1)C(=O)c1cc(OC)c(OC)c(OC)c1. The second-order valence-electron chi connectivity index (χ2n) is 6.72. The number of esters is 1. The third kappa shape index (κ3) is 5.86. The Morgan fingerprint density at radius 3 is 1.91 bits per heavy atom. The highest BCUT2D eigenvalue weighted by Gasteiger charge is 2.33.